The van der Waals surface area contributed by atoms with Gasteiger partial charge < -0.3 is 10.4 Å². The summed E-state index contributed by atoms with van der Waals surface area (Å²) in [7, 11) is 0. The van der Waals surface area contributed by atoms with Gasteiger partial charge in [0.05, 0.1) is 17.5 Å². The van der Waals surface area contributed by atoms with Crippen LogP contribution in [0.4, 0.5) is 0 Å². The molecular weight excluding hydrogens is 312 g/mol. The van der Waals surface area contributed by atoms with Gasteiger partial charge in [0.2, 0.25) is 5.91 Å². The third-order valence-corrected chi connectivity index (χ3v) is 5.34. The van der Waals surface area contributed by atoms with Crippen molar-refractivity contribution >= 4 is 23.2 Å². The van der Waals surface area contributed by atoms with E-state index in [1.807, 2.05) is 12.3 Å². The topological polar surface area (TPSA) is 79.3 Å². The third-order valence-electron chi connectivity index (χ3n) is 4.18. The van der Waals surface area contributed by atoms with E-state index in [1.54, 1.807) is 23.5 Å². The van der Waals surface area contributed by atoms with Gasteiger partial charge in [0.25, 0.3) is 0 Å². The first-order chi connectivity index (χ1) is 11.0. The van der Waals surface area contributed by atoms with Gasteiger partial charge in [-0.2, -0.15) is 0 Å². The Morgan fingerprint density at radius 2 is 2.00 bits per heavy atom. The van der Waals surface area contributed by atoms with E-state index in [2.05, 4.69) is 10.3 Å². The number of thiazole rings is 1. The molecule has 1 aromatic carbocycles. The third kappa shape index (κ3) is 3.27. The number of amides is 1. The second-order valence-electron chi connectivity index (χ2n) is 5.96. The van der Waals surface area contributed by atoms with Crippen LogP contribution in [0.2, 0.25) is 0 Å². The highest BCUT2D eigenvalue weighted by atomic mass is 32.1. The van der Waals surface area contributed by atoms with Crippen LogP contribution in [0.3, 0.4) is 0 Å². The van der Waals surface area contributed by atoms with E-state index < -0.39 is 5.97 Å². The number of rotatable bonds is 5. The summed E-state index contributed by atoms with van der Waals surface area (Å²) in [4.78, 5) is 27.7. The first-order valence-electron chi connectivity index (χ1n) is 7.54. The average Bonchev–Trinajstić information content (AvgIpc) is 2.90. The van der Waals surface area contributed by atoms with E-state index in [4.69, 9.17) is 5.11 Å². The van der Waals surface area contributed by atoms with Crippen molar-refractivity contribution in [3.63, 3.8) is 0 Å². The Morgan fingerprint density at radius 1 is 1.30 bits per heavy atom. The lowest BCUT2D eigenvalue weighted by molar-refractivity contribution is -0.123. The van der Waals surface area contributed by atoms with Gasteiger partial charge in [-0.25, -0.2) is 9.78 Å². The number of aromatic nitrogens is 1. The fourth-order valence-corrected chi connectivity index (χ4v) is 3.77. The lowest BCUT2D eigenvalue weighted by Crippen LogP contribution is -2.51. The zero-order valence-corrected chi connectivity index (χ0v) is 13.7. The molecule has 5 nitrogen and oxygen atoms in total. The van der Waals surface area contributed by atoms with E-state index >= 15 is 0 Å². The van der Waals surface area contributed by atoms with Crippen LogP contribution in [-0.2, 0) is 16.8 Å². The van der Waals surface area contributed by atoms with Gasteiger partial charge in [0.15, 0.2) is 0 Å². The van der Waals surface area contributed by atoms with Crippen LogP contribution in [0, 0.1) is 6.92 Å². The zero-order valence-electron chi connectivity index (χ0n) is 12.8. The molecule has 3 rings (SSSR count). The Hall–Kier alpha value is -2.21. The van der Waals surface area contributed by atoms with E-state index in [9.17, 15) is 9.59 Å². The number of hydrogen-bond donors (Lipinski definition) is 2. The number of carbonyl (C=O) groups is 2. The zero-order chi connectivity index (χ0) is 16.4. The van der Waals surface area contributed by atoms with Crippen LogP contribution < -0.4 is 5.32 Å². The molecule has 6 heteroatoms. The summed E-state index contributed by atoms with van der Waals surface area (Å²) in [5, 5.41) is 15.0. The molecule has 0 radical (unpaired) electrons. The minimum absolute atomic E-state index is 0.0550. The summed E-state index contributed by atoms with van der Waals surface area (Å²) in [6.45, 7) is 1.96. The number of nitrogens with zero attached hydrogens (tertiary/aromatic N) is 1. The Balaban J connectivity index is 1.67. The standard InChI is InChI=1S/C17H18N2O3S/c1-11-10-23-16(18-11)17(7-2-8-17)19-14(20)9-12-3-5-13(6-4-12)15(21)22/h3-6,10H,2,7-9H2,1H3,(H,19,20)(H,21,22). The number of aryl methyl sites for hydroxylation is 1. The van der Waals surface area contributed by atoms with Gasteiger partial charge >= 0.3 is 5.97 Å². The van der Waals surface area contributed by atoms with Crippen molar-refractivity contribution in [2.45, 2.75) is 38.1 Å². The number of carbonyl (C=O) groups excluding carboxylic acids is 1. The number of nitrogens with one attached hydrogen (secondary N) is 1. The van der Waals surface area contributed by atoms with Gasteiger partial charge in [-0.3, -0.25) is 4.79 Å². The fourth-order valence-electron chi connectivity index (χ4n) is 2.76. The number of carboxylic acids is 1. The minimum Gasteiger partial charge on any atom is -0.478 e. The Bertz CT molecular complexity index is 733. The van der Waals surface area contributed by atoms with Gasteiger partial charge in [0, 0.05) is 11.1 Å². The molecule has 0 spiro atoms. The smallest absolute Gasteiger partial charge is 0.335 e. The lowest BCUT2D eigenvalue weighted by atomic mass is 9.77. The van der Waals surface area contributed by atoms with Crippen molar-refractivity contribution < 1.29 is 14.7 Å². The summed E-state index contributed by atoms with van der Waals surface area (Å²) in [5.41, 5.74) is 1.70. The van der Waals surface area contributed by atoms with Crippen molar-refractivity contribution in [1.82, 2.24) is 10.3 Å². The Labute approximate surface area is 138 Å². The molecule has 0 atom stereocenters. The second kappa shape index (κ2) is 6.12. The van der Waals surface area contributed by atoms with Crippen LogP contribution in [0.25, 0.3) is 0 Å². The fraction of sp³-hybridized carbons (Fsp3) is 0.353. The van der Waals surface area contributed by atoms with Crippen LogP contribution in [0.15, 0.2) is 29.6 Å². The maximum atomic E-state index is 12.4. The van der Waals surface area contributed by atoms with Gasteiger partial charge in [-0.15, -0.1) is 11.3 Å². The quantitative estimate of drug-likeness (QED) is 0.883. The van der Waals surface area contributed by atoms with Crippen molar-refractivity contribution in [3.05, 3.63) is 51.5 Å². The molecule has 1 amide bonds. The molecule has 120 valence electrons. The van der Waals surface area contributed by atoms with Crippen molar-refractivity contribution in [2.75, 3.05) is 0 Å². The monoisotopic (exact) mass is 330 g/mol. The largest absolute Gasteiger partial charge is 0.478 e. The van der Waals surface area contributed by atoms with Gasteiger partial charge in [-0.05, 0) is 43.9 Å². The van der Waals surface area contributed by atoms with Crippen molar-refractivity contribution in [3.8, 4) is 0 Å². The van der Waals surface area contributed by atoms with Crippen LogP contribution in [0.5, 0.6) is 0 Å². The minimum atomic E-state index is -0.964. The Morgan fingerprint density at radius 3 is 2.48 bits per heavy atom. The average molecular weight is 330 g/mol. The molecule has 0 aliphatic heterocycles. The van der Waals surface area contributed by atoms with E-state index in [1.165, 1.54) is 12.1 Å². The SMILES string of the molecule is Cc1csc(C2(NC(=O)Cc3ccc(C(=O)O)cc3)CCC2)n1. The highest BCUT2D eigenvalue weighted by Gasteiger charge is 2.42. The van der Waals surface area contributed by atoms with E-state index in [0.717, 1.165) is 35.5 Å². The molecule has 1 aliphatic carbocycles. The summed E-state index contributed by atoms with van der Waals surface area (Å²) >= 11 is 1.59. The highest BCUT2D eigenvalue weighted by molar-refractivity contribution is 7.09. The molecular formula is C17H18N2O3S. The number of hydrogen-bond acceptors (Lipinski definition) is 4. The summed E-state index contributed by atoms with van der Waals surface area (Å²) < 4.78 is 0. The molecule has 0 saturated heterocycles. The molecule has 1 aliphatic rings. The summed E-state index contributed by atoms with van der Waals surface area (Å²) in [5.74, 6) is -1.02. The van der Waals surface area contributed by atoms with Crippen LogP contribution in [0.1, 0.15) is 45.9 Å². The second-order valence-corrected chi connectivity index (χ2v) is 6.81. The van der Waals surface area contributed by atoms with Gasteiger partial charge in [-0.1, -0.05) is 12.1 Å². The van der Waals surface area contributed by atoms with E-state index in [-0.39, 0.29) is 23.4 Å². The summed E-state index contributed by atoms with van der Waals surface area (Å²) in [6.07, 6.45) is 3.17. The number of aromatic carboxylic acids is 1. The summed E-state index contributed by atoms with van der Waals surface area (Å²) in [6, 6.07) is 6.41. The molecule has 1 fully saturated rings. The molecule has 2 aromatic rings. The van der Waals surface area contributed by atoms with Crippen LogP contribution >= 0.6 is 11.3 Å². The highest BCUT2D eigenvalue weighted by Crippen LogP contribution is 2.42. The number of carboxylic acid groups (broad SMARTS) is 1. The first-order valence-corrected chi connectivity index (χ1v) is 8.42. The van der Waals surface area contributed by atoms with Crippen LogP contribution in [-0.4, -0.2) is 22.0 Å². The predicted molar refractivity (Wildman–Crippen MR) is 87.6 cm³/mol. The lowest BCUT2D eigenvalue weighted by Gasteiger charge is -2.40. The van der Waals surface area contributed by atoms with Crippen molar-refractivity contribution in [1.29, 1.82) is 0 Å². The molecule has 1 aromatic heterocycles. The molecule has 2 N–H and O–H groups in total. The predicted octanol–water partition coefficient (Wildman–Crippen LogP) is 2.89. The number of benzene rings is 1. The van der Waals surface area contributed by atoms with Gasteiger partial charge in [0.1, 0.15) is 5.01 Å². The van der Waals surface area contributed by atoms with Crippen molar-refractivity contribution in [2.24, 2.45) is 0 Å². The maximum absolute atomic E-state index is 12.4. The molecule has 1 heterocycles. The Kier molecular flexibility index (Phi) is 4.17. The molecule has 0 bridgehead atoms. The molecule has 1 saturated carbocycles. The molecule has 23 heavy (non-hydrogen) atoms. The molecule has 0 unspecified atom stereocenters. The normalized spacial score (nSPS) is 15.7. The first kappa shape index (κ1) is 15.7. The van der Waals surface area contributed by atoms with E-state index in [0.29, 0.717) is 0 Å². The maximum Gasteiger partial charge on any atom is 0.335 e.